The van der Waals surface area contributed by atoms with E-state index in [0.717, 1.165) is 11.0 Å². The fourth-order valence-electron chi connectivity index (χ4n) is 2.06. The Kier molecular flexibility index (Phi) is 3.66. The normalized spacial score (nSPS) is 18.2. The number of carbonyl (C=O) groups excluding carboxylic acids is 2. The molecule has 1 N–H and O–H groups in total. The average Bonchev–Trinajstić information content (AvgIpc) is 2.76. The second kappa shape index (κ2) is 5.25. The first-order valence-corrected chi connectivity index (χ1v) is 5.79. The highest BCUT2D eigenvalue weighted by Gasteiger charge is 2.33. The van der Waals surface area contributed by atoms with Crippen molar-refractivity contribution in [3.63, 3.8) is 0 Å². The van der Waals surface area contributed by atoms with Crippen molar-refractivity contribution in [1.29, 1.82) is 0 Å². The number of nitro groups is 1. The Hall–Kier alpha value is -2.48. The molecule has 1 aliphatic heterocycles. The van der Waals surface area contributed by atoms with Crippen molar-refractivity contribution in [2.24, 2.45) is 0 Å². The van der Waals surface area contributed by atoms with E-state index in [0.29, 0.717) is 0 Å². The zero-order valence-corrected chi connectivity index (χ0v) is 10.6. The minimum atomic E-state index is -0.845. The Morgan fingerprint density at radius 3 is 2.75 bits per heavy atom. The van der Waals surface area contributed by atoms with Gasteiger partial charge in [-0.15, -0.1) is 0 Å². The monoisotopic (exact) mass is 280 g/mol. The number of amides is 1. The number of hydrogen-bond acceptors (Lipinski definition) is 6. The summed E-state index contributed by atoms with van der Waals surface area (Å²) < 4.78 is 4.49. The van der Waals surface area contributed by atoms with E-state index in [1.807, 2.05) is 0 Å². The fourth-order valence-corrected chi connectivity index (χ4v) is 2.06. The van der Waals surface area contributed by atoms with Crippen molar-refractivity contribution in [2.75, 3.05) is 18.6 Å². The van der Waals surface area contributed by atoms with Crippen molar-refractivity contribution in [2.45, 2.75) is 12.5 Å². The molecule has 1 heterocycles. The van der Waals surface area contributed by atoms with Gasteiger partial charge in [-0.25, -0.2) is 4.79 Å². The smallest absolute Gasteiger partial charge is 0.338 e. The molecule has 0 spiro atoms. The third-order valence-corrected chi connectivity index (χ3v) is 2.99. The highest BCUT2D eigenvalue weighted by Crippen LogP contribution is 2.32. The van der Waals surface area contributed by atoms with Gasteiger partial charge >= 0.3 is 5.97 Å². The Morgan fingerprint density at radius 1 is 1.55 bits per heavy atom. The Labute approximate surface area is 113 Å². The number of esters is 1. The summed E-state index contributed by atoms with van der Waals surface area (Å²) >= 11 is 0. The summed E-state index contributed by atoms with van der Waals surface area (Å²) in [5, 5.41) is 20.5. The van der Waals surface area contributed by atoms with Crippen LogP contribution in [-0.2, 0) is 9.53 Å². The molecule has 106 valence electrons. The van der Waals surface area contributed by atoms with Crippen LogP contribution in [0.2, 0.25) is 0 Å². The molecule has 0 aliphatic carbocycles. The molecule has 0 saturated carbocycles. The van der Waals surface area contributed by atoms with Crippen molar-refractivity contribution in [1.82, 2.24) is 0 Å². The number of carbonyl (C=O) groups is 2. The molecule has 0 bridgehead atoms. The predicted molar refractivity (Wildman–Crippen MR) is 67.4 cm³/mol. The molecule has 1 aromatic rings. The van der Waals surface area contributed by atoms with E-state index < -0.39 is 22.9 Å². The van der Waals surface area contributed by atoms with Crippen LogP contribution >= 0.6 is 0 Å². The molecule has 1 aromatic carbocycles. The van der Waals surface area contributed by atoms with Gasteiger partial charge in [0.1, 0.15) is 5.69 Å². The number of benzene rings is 1. The zero-order chi connectivity index (χ0) is 14.9. The summed E-state index contributed by atoms with van der Waals surface area (Å²) in [7, 11) is 1.17. The molecular formula is C12H12N2O6. The second-order valence-corrected chi connectivity index (χ2v) is 4.31. The molecule has 8 heteroatoms. The second-order valence-electron chi connectivity index (χ2n) is 4.31. The van der Waals surface area contributed by atoms with Crippen LogP contribution in [-0.4, -0.2) is 41.7 Å². The average molecular weight is 280 g/mol. The number of methoxy groups -OCH3 is 1. The van der Waals surface area contributed by atoms with Crippen LogP contribution < -0.4 is 4.90 Å². The van der Waals surface area contributed by atoms with E-state index in [2.05, 4.69) is 4.74 Å². The van der Waals surface area contributed by atoms with Gasteiger partial charge in [0.05, 0.1) is 36.7 Å². The summed E-state index contributed by atoms with van der Waals surface area (Å²) in [6.45, 7) is -0.00273. The van der Waals surface area contributed by atoms with Crippen molar-refractivity contribution < 1.29 is 24.4 Å². The minimum Gasteiger partial charge on any atom is -0.465 e. The van der Waals surface area contributed by atoms with E-state index in [1.54, 1.807) is 0 Å². The quantitative estimate of drug-likeness (QED) is 0.490. The minimum absolute atomic E-state index is 0.00273. The molecule has 1 amide bonds. The van der Waals surface area contributed by atoms with Gasteiger partial charge in [-0.2, -0.15) is 0 Å². The van der Waals surface area contributed by atoms with Gasteiger partial charge in [0.15, 0.2) is 0 Å². The standard InChI is InChI=1S/C12H12N2O6/c1-20-12(17)7-2-3-9(10(4-7)14(18)19)13-6-8(15)5-11(13)16/h2-4,8,15H,5-6H2,1H3. The number of aliphatic hydroxyl groups excluding tert-OH is 1. The molecule has 8 nitrogen and oxygen atoms in total. The Bertz CT molecular complexity index is 585. The van der Waals surface area contributed by atoms with Gasteiger partial charge in [0.25, 0.3) is 5.69 Å². The van der Waals surface area contributed by atoms with Crippen LogP contribution in [0, 0.1) is 10.1 Å². The number of rotatable bonds is 3. The van der Waals surface area contributed by atoms with Gasteiger partial charge < -0.3 is 14.7 Å². The van der Waals surface area contributed by atoms with Crippen molar-refractivity contribution >= 4 is 23.3 Å². The molecular weight excluding hydrogens is 268 g/mol. The van der Waals surface area contributed by atoms with E-state index in [-0.39, 0.29) is 29.9 Å². The third-order valence-electron chi connectivity index (χ3n) is 2.99. The number of anilines is 1. The van der Waals surface area contributed by atoms with Gasteiger partial charge in [0.2, 0.25) is 5.91 Å². The van der Waals surface area contributed by atoms with E-state index in [4.69, 9.17) is 0 Å². The number of nitrogens with zero attached hydrogens (tertiary/aromatic N) is 2. The largest absolute Gasteiger partial charge is 0.465 e. The highest BCUT2D eigenvalue weighted by molar-refractivity contribution is 5.99. The summed E-state index contributed by atoms with van der Waals surface area (Å²) in [5.74, 6) is -1.10. The molecule has 0 aromatic heterocycles. The summed E-state index contributed by atoms with van der Waals surface area (Å²) in [6.07, 6.45) is -0.919. The van der Waals surface area contributed by atoms with E-state index in [9.17, 15) is 24.8 Å². The molecule has 1 fully saturated rings. The van der Waals surface area contributed by atoms with Crippen LogP contribution in [0.3, 0.4) is 0 Å². The lowest BCUT2D eigenvalue weighted by Gasteiger charge is -2.16. The first-order valence-electron chi connectivity index (χ1n) is 5.79. The maximum absolute atomic E-state index is 11.7. The number of ether oxygens (including phenoxy) is 1. The third kappa shape index (κ3) is 2.45. The van der Waals surface area contributed by atoms with Crippen molar-refractivity contribution in [3.05, 3.63) is 33.9 Å². The van der Waals surface area contributed by atoms with Gasteiger partial charge in [-0.05, 0) is 12.1 Å². The number of nitro benzene ring substituents is 1. The van der Waals surface area contributed by atoms with Gasteiger partial charge in [-0.3, -0.25) is 14.9 Å². The topological polar surface area (TPSA) is 110 Å². The lowest BCUT2D eigenvalue weighted by atomic mass is 10.1. The van der Waals surface area contributed by atoms with Gasteiger partial charge in [0, 0.05) is 6.07 Å². The molecule has 1 saturated heterocycles. The molecule has 20 heavy (non-hydrogen) atoms. The molecule has 1 unspecified atom stereocenters. The highest BCUT2D eigenvalue weighted by atomic mass is 16.6. The molecule has 0 radical (unpaired) electrons. The van der Waals surface area contributed by atoms with E-state index in [1.165, 1.54) is 19.2 Å². The van der Waals surface area contributed by atoms with Crippen LogP contribution in [0.1, 0.15) is 16.8 Å². The number of β-amino-alcohol motifs (C(OH)–C–C–N with tert-alkyl or cyclic N) is 1. The first kappa shape index (κ1) is 13.9. The lowest BCUT2D eigenvalue weighted by molar-refractivity contribution is -0.384. The summed E-state index contributed by atoms with van der Waals surface area (Å²) in [6, 6.07) is 3.70. The van der Waals surface area contributed by atoms with Crippen LogP contribution in [0.4, 0.5) is 11.4 Å². The van der Waals surface area contributed by atoms with Crippen molar-refractivity contribution in [3.8, 4) is 0 Å². The van der Waals surface area contributed by atoms with Crippen LogP contribution in [0.5, 0.6) is 0 Å². The van der Waals surface area contributed by atoms with Crippen LogP contribution in [0.25, 0.3) is 0 Å². The fraction of sp³-hybridized carbons (Fsp3) is 0.333. The summed E-state index contributed by atoms with van der Waals surface area (Å²) in [5.41, 5.74) is -0.297. The molecule has 2 rings (SSSR count). The predicted octanol–water partition coefficient (Wildman–Crippen LogP) is 0.479. The maximum Gasteiger partial charge on any atom is 0.338 e. The van der Waals surface area contributed by atoms with Crippen LogP contribution in [0.15, 0.2) is 18.2 Å². The first-order chi connectivity index (χ1) is 9.43. The molecule has 1 atom stereocenters. The Balaban J connectivity index is 2.46. The summed E-state index contributed by atoms with van der Waals surface area (Å²) in [4.78, 5) is 34.6. The lowest BCUT2D eigenvalue weighted by Crippen LogP contribution is -2.26. The van der Waals surface area contributed by atoms with E-state index >= 15 is 0 Å². The zero-order valence-electron chi connectivity index (χ0n) is 10.6. The van der Waals surface area contributed by atoms with Gasteiger partial charge in [-0.1, -0.05) is 0 Å². The SMILES string of the molecule is COC(=O)c1ccc(N2CC(O)CC2=O)c([N+](=O)[O-])c1. The number of hydrogen-bond donors (Lipinski definition) is 1. The maximum atomic E-state index is 11.7. The number of aliphatic hydroxyl groups is 1. The Morgan fingerprint density at radius 2 is 2.25 bits per heavy atom. The molecule has 1 aliphatic rings.